The maximum absolute atomic E-state index is 5.72. The summed E-state index contributed by atoms with van der Waals surface area (Å²) in [6.45, 7) is 6.28. The SMILES string of the molecule is CN=C(NCc1csc(N(C)C)n1)NCC(c1cccs1)N1CCOC(C)C1. The number of morpholine rings is 1. The molecule has 9 heteroatoms. The van der Waals surface area contributed by atoms with Gasteiger partial charge in [0.15, 0.2) is 11.1 Å². The number of rotatable bonds is 7. The second kappa shape index (κ2) is 10.2. The third-order valence-corrected chi connectivity index (χ3v) is 6.66. The van der Waals surface area contributed by atoms with Gasteiger partial charge in [-0.05, 0) is 18.4 Å². The molecule has 0 aliphatic carbocycles. The molecule has 3 rings (SSSR count). The smallest absolute Gasteiger partial charge is 0.191 e. The molecule has 3 heterocycles. The molecule has 154 valence electrons. The molecule has 1 saturated heterocycles. The van der Waals surface area contributed by atoms with E-state index in [4.69, 9.17) is 4.74 Å². The van der Waals surface area contributed by atoms with Crippen LogP contribution in [0.15, 0.2) is 27.9 Å². The van der Waals surface area contributed by atoms with Gasteiger partial charge in [0.1, 0.15) is 0 Å². The zero-order chi connectivity index (χ0) is 19.9. The van der Waals surface area contributed by atoms with Crippen LogP contribution in [0.4, 0.5) is 5.13 Å². The molecule has 0 aromatic carbocycles. The fourth-order valence-electron chi connectivity index (χ4n) is 3.19. The van der Waals surface area contributed by atoms with Crippen molar-refractivity contribution in [2.45, 2.75) is 25.6 Å². The van der Waals surface area contributed by atoms with Crippen molar-refractivity contribution in [2.75, 3.05) is 52.3 Å². The average molecular weight is 423 g/mol. The van der Waals surface area contributed by atoms with E-state index in [2.05, 4.69) is 55.3 Å². The maximum Gasteiger partial charge on any atom is 0.191 e. The number of aliphatic imine (C=N–C) groups is 1. The summed E-state index contributed by atoms with van der Waals surface area (Å²) in [5.74, 6) is 0.794. The Kier molecular flexibility index (Phi) is 7.66. The van der Waals surface area contributed by atoms with Crippen molar-refractivity contribution in [3.8, 4) is 0 Å². The summed E-state index contributed by atoms with van der Waals surface area (Å²) < 4.78 is 5.72. The first-order chi connectivity index (χ1) is 13.6. The summed E-state index contributed by atoms with van der Waals surface area (Å²) in [6, 6.07) is 4.64. The van der Waals surface area contributed by atoms with Crippen molar-refractivity contribution in [3.05, 3.63) is 33.5 Å². The van der Waals surface area contributed by atoms with Gasteiger partial charge in [-0.1, -0.05) is 6.07 Å². The van der Waals surface area contributed by atoms with Crippen molar-refractivity contribution in [2.24, 2.45) is 4.99 Å². The first-order valence-electron chi connectivity index (χ1n) is 9.52. The molecule has 0 spiro atoms. The van der Waals surface area contributed by atoms with Gasteiger partial charge >= 0.3 is 0 Å². The highest BCUT2D eigenvalue weighted by molar-refractivity contribution is 7.13. The van der Waals surface area contributed by atoms with Crippen LogP contribution in [0.2, 0.25) is 0 Å². The van der Waals surface area contributed by atoms with Gasteiger partial charge in [-0.25, -0.2) is 4.98 Å². The van der Waals surface area contributed by atoms with Gasteiger partial charge in [-0.2, -0.15) is 0 Å². The van der Waals surface area contributed by atoms with Crippen molar-refractivity contribution < 1.29 is 4.74 Å². The lowest BCUT2D eigenvalue weighted by atomic mass is 10.1. The molecular formula is C19H30N6OS2. The highest BCUT2D eigenvalue weighted by atomic mass is 32.1. The molecule has 28 heavy (non-hydrogen) atoms. The summed E-state index contributed by atoms with van der Waals surface area (Å²) in [7, 11) is 5.82. The van der Waals surface area contributed by atoms with E-state index in [1.54, 1.807) is 29.7 Å². The first kappa shape index (κ1) is 21.0. The lowest BCUT2D eigenvalue weighted by Crippen LogP contribution is -2.47. The largest absolute Gasteiger partial charge is 0.376 e. The van der Waals surface area contributed by atoms with E-state index in [1.165, 1.54) is 4.88 Å². The van der Waals surface area contributed by atoms with E-state index < -0.39 is 0 Å². The quantitative estimate of drug-likeness (QED) is 0.528. The fraction of sp³-hybridized carbons (Fsp3) is 0.579. The lowest BCUT2D eigenvalue weighted by molar-refractivity contribution is -0.0334. The molecule has 2 unspecified atom stereocenters. The minimum Gasteiger partial charge on any atom is -0.376 e. The van der Waals surface area contributed by atoms with Gasteiger partial charge in [0.2, 0.25) is 0 Å². The number of hydrogen-bond acceptors (Lipinski definition) is 7. The van der Waals surface area contributed by atoms with Crippen LogP contribution in [0, 0.1) is 0 Å². The van der Waals surface area contributed by atoms with Crippen LogP contribution in [0.5, 0.6) is 0 Å². The molecule has 0 bridgehead atoms. The normalized spacial score (nSPS) is 19.4. The molecule has 1 aliphatic rings. The Bertz CT molecular complexity index is 745. The topological polar surface area (TPSA) is 65.0 Å². The number of ether oxygens (including phenoxy) is 1. The van der Waals surface area contributed by atoms with Crippen molar-refractivity contribution in [1.82, 2.24) is 20.5 Å². The molecule has 7 nitrogen and oxygen atoms in total. The predicted molar refractivity (Wildman–Crippen MR) is 119 cm³/mol. The number of anilines is 1. The van der Waals surface area contributed by atoms with E-state index in [0.29, 0.717) is 12.6 Å². The van der Waals surface area contributed by atoms with Gasteiger partial charge < -0.3 is 20.3 Å². The Labute approximate surface area is 175 Å². The monoisotopic (exact) mass is 422 g/mol. The lowest BCUT2D eigenvalue weighted by Gasteiger charge is -2.37. The summed E-state index contributed by atoms with van der Waals surface area (Å²) in [5, 5.41) is 12.1. The van der Waals surface area contributed by atoms with Crippen molar-refractivity contribution >= 4 is 33.8 Å². The van der Waals surface area contributed by atoms with Crippen molar-refractivity contribution in [3.63, 3.8) is 0 Å². The average Bonchev–Trinajstić information content (AvgIpc) is 3.36. The highest BCUT2D eigenvalue weighted by Gasteiger charge is 2.26. The molecule has 2 aromatic rings. The van der Waals surface area contributed by atoms with Gasteiger partial charge in [0.05, 0.1) is 31.0 Å². The standard InChI is InChI=1S/C19H30N6OS2/c1-14-12-25(7-8-26-14)16(17-6-5-9-27-17)11-22-18(20-2)21-10-15-13-28-19(23-15)24(3)4/h5-6,9,13-14,16H,7-8,10-12H2,1-4H3,(H2,20,21,22). The third-order valence-electron chi connectivity index (χ3n) is 4.63. The second-order valence-corrected chi connectivity index (χ2v) is 8.85. The molecular weight excluding hydrogens is 392 g/mol. The Morgan fingerprint density at radius 3 is 2.93 bits per heavy atom. The number of guanidine groups is 1. The van der Waals surface area contributed by atoms with Gasteiger partial charge in [0, 0.05) is 51.0 Å². The molecule has 2 atom stereocenters. The van der Waals surface area contributed by atoms with Gasteiger partial charge in [-0.15, -0.1) is 22.7 Å². The number of thiophene rings is 1. The van der Waals surface area contributed by atoms with Crippen LogP contribution in [-0.2, 0) is 11.3 Å². The molecule has 2 aromatic heterocycles. The van der Waals surface area contributed by atoms with Crippen LogP contribution < -0.4 is 15.5 Å². The molecule has 1 aliphatic heterocycles. The summed E-state index contributed by atoms with van der Waals surface area (Å²) in [5.41, 5.74) is 1.02. The molecule has 0 radical (unpaired) electrons. The van der Waals surface area contributed by atoms with E-state index >= 15 is 0 Å². The summed E-state index contributed by atoms with van der Waals surface area (Å²) in [6.07, 6.45) is 0.268. The van der Waals surface area contributed by atoms with Gasteiger partial charge in [0.25, 0.3) is 0 Å². The Morgan fingerprint density at radius 1 is 1.43 bits per heavy atom. The molecule has 2 N–H and O–H groups in total. The maximum atomic E-state index is 5.72. The van der Waals surface area contributed by atoms with Crippen LogP contribution in [0.1, 0.15) is 23.5 Å². The minimum absolute atomic E-state index is 0.268. The zero-order valence-electron chi connectivity index (χ0n) is 17.0. The fourth-order valence-corrected chi connectivity index (χ4v) is 4.81. The highest BCUT2D eigenvalue weighted by Crippen LogP contribution is 2.26. The van der Waals surface area contributed by atoms with Crippen LogP contribution >= 0.6 is 22.7 Å². The summed E-state index contributed by atoms with van der Waals surface area (Å²) in [4.78, 5) is 14.9. The van der Waals surface area contributed by atoms with Crippen LogP contribution in [0.25, 0.3) is 0 Å². The van der Waals surface area contributed by atoms with Crippen molar-refractivity contribution in [1.29, 1.82) is 0 Å². The van der Waals surface area contributed by atoms with E-state index in [0.717, 1.165) is 43.0 Å². The number of hydrogen-bond donors (Lipinski definition) is 2. The number of nitrogens with zero attached hydrogens (tertiary/aromatic N) is 4. The van der Waals surface area contributed by atoms with Crippen LogP contribution in [-0.4, -0.2) is 69.3 Å². The number of nitrogens with one attached hydrogen (secondary N) is 2. The van der Waals surface area contributed by atoms with E-state index in [-0.39, 0.29) is 6.10 Å². The Balaban J connectivity index is 1.57. The van der Waals surface area contributed by atoms with Crippen LogP contribution in [0.3, 0.4) is 0 Å². The summed E-state index contributed by atoms with van der Waals surface area (Å²) >= 11 is 3.45. The van der Waals surface area contributed by atoms with E-state index in [9.17, 15) is 0 Å². The predicted octanol–water partition coefficient (Wildman–Crippen LogP) is 2.40. The number of thiazole rings is 1. The molecule has 0 amide bonds. The molecule has 1 fully saturated rings. The first-order valence-corrected chi connectivity index (χ1v) is 11.3. The zero-order valence-corrected chi connectivity index (χ0v) is 18.6. The van der Waals surface area contributed by atoms with E-state index in [1.807, 2.05) is 19.0 Å². The third kappa shape index (κ3) is 5.66. The Morgan fingerprint density at radius 2 is 2.29 bits per heavy atom. The second-order valence-electron chi connectivity index (χ2n) is 7.03. The molecule has 0 saturated carbocycles. The Hall–Kier alpha value is -1.68. The van der Waals surface area contributed by atoms with Gasteiger partial charge in [-0.3, -0.25) is 9.89 Å². The minimum atomic E-state index is 0.268. The number of aromatic nitrogens is 1.